The van der Waals surface area contributed by atoms with E-state index < -0.39 is 5.97 Å². The molecule has 0 fully saturated rings. The van der Waals surface area contributed by atoms with E-state index in [9.17, 15) is 9.59 Å². The topological polar surface area (TPSA) is 86.1 Å². The van der Waals surface area contributed by atoms with E-state index in [4.69, 9.17) is 4.74 Å². The molecule has 4 rings (SSSR count). The van der Waals surface area contributed by atoms with Gasteiger partial charge in [0.15, 0.2) is 11.0 Å². The minimum atomic E-state index is -0.485. The molecule has 2 heterocycles. The molecule has 1 N–H and O–H groups in total. The zero-order valence-electron chi connectivity index (χ0n) is 20.2. The number of aromatic nitrogens is 3. The van der Waals surface area contributed by atoms with E-state index in [1.807, 2.05) is 80.2 Å². The van der Waals surface area contributed by atoms with Crippen LogP contribution in [0.4, 0.5) is 5.00 Å². The van der Waals surface area contributed by atoms with Crippen molar-refractivity contribution in [3.8, 4) is 22.5 Å². The first-order chi connectivity index (χ1) is 16.8. The van der Waals surface area contributed by atoms with Crippen molar-refractivity contribution in [2.24, 2.45) is 7.05 Å². The van der Waals surface area contributed by atoms with Crippen molar-refractivity contribution in [2.75, 3.05) is 18.2 Å². The fourth-order valence-electron chi connectivity index (χ4n) is 3.77. The zero-order chi connectivity index (χ0) is 25.1. The number of nitrogens with zero attached hydrogens (tertiary/aromatic N) is 3. The van der Waals surface area contributed by atoms with Gasteiger partial charge in [-0.3, -0.25) is 4.79 Å². The molecule has 2 aromatic heterocycles. The van der Waals surface area contributed by atoms with Crippen LogP contribution in [0.3, 0.4) is 0 Å². The summed E-state index contributed by atoms with van der Waals surface area (Å²) in [5.74, 6) is 0.142. The maximum absolute atomic E-state index is 12.8. The third-order valence-electron chi connectivity index (χ3n) is 5.67. The summed E-state index contributed by atoms with van der Waals surface area (Å²) in [6.45, 7) is 6.02. The third-order valence-corrected chi connectivity index (χ3v) is 7.59. The SMILES string of the molecule is COC(=O)c1c(-c2cc(C)ccc2C)csc1NC(=O)CSc1nnc(-c2ccccc2C)n1C. The molecular formula is C26H26N4O3S2. The highest BCUT2D eigenvalue weighted by atomic mass is 32.2. The Labute approximate surface area is 212 Å². The summed E-state index contributed by atoms with van der Waals surface area (Å²) in [5, 5.41) is 14.4. The number of ether oxygens (including phenoxy) is 1. The van der Waals surface area contributed by atoms with Gasteiger partial charge in [0, 0.05) is 23.6 Å². The fraction of sp³-hybridized carbons (Fsp3) is 0.231. The minimum absolute atomic E-state index is 0.122. The van der Waals surface area contributed by atoms with Gasteiger partial charge >= 0.3 is 5.97 Å². The number of rotatable bonds is 7. The lowest BCUT2D eigenvalue weighted by atomic mass is 9.97. The molecule has 1 amide bonds. The molecule has 0 aliphatic rings. The fourth-order valence-corrected chi connectivity index (χ4v) is 5.45. The van der Waals surface area contributed by atoms with Crippen molar-refractivity contribution < 1.29 is 14.3 Å². The van der Waals surface area contributed by atoms with Crippen LogP contribution in [0.25, 0.3) is 22.5 Å². The van der Waals surface area contributed by atoms with Crippen molar-refractivity contribution in [2.45, 2.75) is 25.9 Å². The Balaban J connectivity index is 1.52. The molecule has 0 aliphatic heterocycles. The number of hydrogen-bond donors (Lipinski definition) is 1. The highest BCUT2D eigenvalue weighted by Crippen LogP contribution is 2.38. The third kappa shape index (κ3) is 5.16. The van der Waals surface area contributed by atoms with Crippen LogP contribution < -0.4 is 5.32 Å². The highest BCUT2D eigenvalue weighted by molar-refractivity contribution is 7.99. The van der Waals surface area contributed by atoms with Crippen LogP contribution in [0.15, 0.2) is 53.0 Å². The van der Waals surface area contributed by atoms with Crippen molar-refractivity contribution in [1.29, 1.82) is 0 Å². The number of amides is 1. The molecule has 180 valence electrons. The Morgan fingerprint density at radius 1 is 1.03 bits per heavy atom. The lowest BCUT2D eigenvalue weighted by Crippen LogP contribution is -2.16. The molecule has 0 aliphatic carbocycles. The van der Waals surface area contributed by atoms with Crippen molar-refractivity contribution in [1.82, 2.24) is 14.8 Å². The Hall–Kier alpha value is -3.43. The van der Waals surface area contributed by atoms with E-state index in [0.717, 1.165) is 39.2 Å². The molecule has 0 unspecified atom stereocenters. The molecule has 35 heavy (non-hydrogen) atoms. The number of hydrogen-bond acceptors (Lipinski definition) is 7. The van der Waals surface area contributed by atoms with Crippen LogP contribution in [-0.2, 0) is 16.6 Å². The lowest BCUT2D eigenvalue weighted by molar-refractivity contribution is -0.113. The van der Waals surface area contributed by atoms with Crippen LogP contribution in [-0.4, -0.2) is 39.5 Å². The van der Waals surface area contributed by atoms with Crippen LogP contribution >= 0.6 is 23.1 Å². The van der Waals surface area contributed by atoms with Gasteiger partial charge in [-0.2, -0.15) is 0 Å². The first-order valence-electron chi connectivity index (χ1n) is 11.0. The predicted octanol–water partition coefficient (Wildman–Crippen LogP) is 5.65. The van der Waals surface area contributed by atoms with Crippen molar-refractivity contribution in [3.05, 3.63) is 70.1 Å². The van der Waals surface area contributed by atoms with Gasteiger partial charge in [0.05, 0.1) is 12.9 Å². The maximum Gasteiger partial charge on any atom is 0.341 e. The summed E-state index contributed by atoms with van der Waals surface area (Å²) in [5.41, 5.74) is 6.29. The Kier molecular flexibility index (Phi) is 7.37. The molecule has 0 saturated heterocycles. The first-order valence-corrected chi connectivity index (χ1v) is 12.8. The van der Waals surface area contributed by atoms with E-state index in [0.29, 0.717) is 15.7 Å². The average Bonchev–Trinajstić information content (AvgIpc) is 3.42. The summed E-state index contributed by atoms with van der Waals surface area (Å²) in [7, 11) is 3.22. The molecule has 7 nitrogen and oxygen atoms in total. The van der Waals surface area contributed by atoms with Crippen molar-refractivity contribution >= 4 is 40.0 Å². The van der Waals surface area contributed by atoms with Gasteiger partial charge in [-0.15, -0.1) is 21.5 Å². The minimum Gasteiger partial charge on any atom is -0.465 e. The van der Waals surface area contributed by atoms with Gasteiger partial charge in [-0.25, -0.2) is 4.79 Å². The Morgan fingerprint density at radius 3 is 2.51 bits per heavy atom. The van der Waals surface area contributed by atoms with Gasteiger partial charge in [0.1, 0.15) is 10.6 Å². The number of esters is 1. The van der Waals surface area contributed by atoms with E-state index in [-0.39, 0.29) is 11.7 Å². The quantitative estimate of drug-likeness (QED) is 0.257. The van der Waals surface area contributed by atoms with E-state index >= 15 is 0 Å². The van der Waals surface area contributed by atoms with Crippen molar-refractivity contribution in [3.63, 3.8) is 0 Å². The smallest absolute Gasteiger partial charge is 0.341 e. The largest absolute Gasteiger partial charge is 0.465 e. The average molecular weight is 507 g/mol. The van der Waals surface area contributed by atoms with Gasteiger partial charge in [0.2, 0.25) is 5.91 Å². The molecule has 0 atom stereocenters. The summed E-state index contributed by atoms with van der Waals surface area (Å²) in [4.78, 5) is 25.5. The monoisotopic (exact) mass is 506 g/mol. The second-order valence-electron chi connectivity index (χ2n) is 8.18. The Morgan fingerprint density at radius 2 is 1.77 bits per heavy atom. The van der Waals surface area contributed by atoms with E-state index in [2.05, 4.69) is 15.5 Å². The second kappa shape index (κ2) is 10.5. The number of benzene rings is 2. The van der Waals surface area contributed by atoms with Crippen LogP contribution in [0.1, 0.15) is 27.0 Å². The number of carbonyl (C=O) groups excluding carboxylic acids is 2. The summed E-state index contributed by atoms with van der Waals surface area (Å²) in [6, 6.07) is 14.0. The zero-order valence-corrected chi connectivity index (χ0v) is 21.8. The summed E-state index contributed by atoms with van der Waals surface area (Å²) in [6.07, 6.45) is 0. The standard InChI is InChI=1S/C26H26N4O3S2/c1-15-10-11-17(3)19(12-15)20-13-34-24(22(20)25(32)33-5)27-21(31)14-35-26-29-28-23(30(26)4)18-9-7-6-8-16(18)2/h6-13H,14H2,1-5H3,(H,27,31). The molecule has 9 heteroatoms. The molecule has 0 saturated carbocycles. The van der Waals surface area contributed by atoms with Crippen LogP contribution in [0.5, 0.6) is 0 Å². The van der Waals surface area contributed by atoms with Gasteiger partial charge in [0.25, 0.3) is 0 Å². The number of aryl methyl sites for hydroxylation is 3. The first kappa shape index (κ1) is 24.7. The van der Waals surface area contributed by atoms with Crippen LogP contribution in [0, 0.1) is 20.8 Å². The highest BCUT2D eigenvalue weighted by Gasteiger charge is 2.23. The summed E-state index contributed by atoms with van der Waals surface area (Å²) >= 11 is 2.60. The molecule has 2 aromatic carbocycles. The van der Waals surface area contributed by atoms with E-state index in [1.54, 1.807) is 0 Å². The number of anilines is 1. The number of thioether (sulfide) groups is 1. The van der Waals surface area contributed by atoms with Crippen LogP contribution in [0.2, 0.25) is 0 Å². The molecular weight excluding hydrogens is 480 g/mol. The van der Waals surface area contributed by atoms with Gasteiger partial charge in [-0.1, -0.05) is 59.8 Å². The number of methoxy groups -OCH3 is 1. The maximum atomic E-state index is 12.8. The van der Waals surface area contributed by atoms with Gasteiger partial charge < -0.3 is 14.6 Å². The molecule has 0 spiro atoms. The number of carbonyl (C=O) groups is 2. The lowest BCUT2D eigenvalue weighted by Gasteiger charge is -2.10. The molecule has 0 radical (unpaired) electrons. The number of nitrogens with one attached hydrogen (secondary N) is 1. The molecule has 4 aromatic rings. The Bertz CT molecular complexity index is 1410. The normalized spacial score (nSPS) is 10.9. The number of thiophene rings is 1. The van der Waals surface area contributed by atoms with E-state index in [1.165, 1.54) is 30.2 Å². The van der Waals surface area contributed by atoms with Gasteiger partial charge in [-0.05, 0) is 37.5 Å². The summed E-state index contributed by atoms with van der Waals surface area (Å²) < 4.78 is 6.92. The predicted molar refractivity (Wildman–Crippen MR) is 141 cm³/mol. The second-order valence-corrected chi connectivity index (χ2v) is 10.0. The molecule has 0 bridgehead atoms.